The molecule has 4 heteroatoms. The minimum Gasteiger partial charge on any atom is -0.399 e. The number of nitrogens with one attached hydrogen (secondary N) is 1. The molecule has 1 heterocycles. The Labute approximate surface area is 119 Å². The predicted molar refractivity (Wildman–Crippen MR) is 80.0 cm³/mol. The molecule has 0 fully saturated rings. The number of hydrogen-bond acceptors (Lipinski definition) is 3. The zero-order valence-electron chi connectivity index (χ0n) is 11.5. The topological polar surface area (TPSA) is 68.0 Å². The normalized spacial score (nSPS) is 11.8. The third-order valence-electron chi connectivity index (χ3n) is 3.18. The van der Waals surface area contributed by atoms with Gasteiger partial charge < -0.3 is 11.1 Å². The van der Waals surface area contributed by atoms with Gasteiger partial charge in [0.05, 0.1) is 6.04 Å². The lowest BCUT2D eigenvalue weighted by Crippen LogP contribution is -2.26. The minimum atomic E-state index is -0.00802. The molecule has 0 bridgehead atoms. The maximum Gasteiger partial charge on any atom is 0.220 e. The summed E-state index contributed by atoms with van der Waals surface area (Å²) >= 11 is 0. The van der Waals surface area contributed by atoms with Crippen molar-refractivity contribution in [3.8, 4) is 0 Å². The second-order valence-corrected chi connectivity index (χ2v) is 4.81. The van der Waals surface area contributed by atoms with Crippen LogP contribution < -0.4 is 11.1 Å². The van der Waals surface area contributed by atoms with Crippen LogP contribution in [0.2, 0.25) is 0 Å². The molecule has 0 aliphatic carbocycles. The number of benzene rings is 1. The Morgan fingerprint density at radius 1 is 1.30 bits per heavy atom. The number of carbonyl (C=O) groups excluding carboxylic acids is 1. The van der Waals surface area contributed by atoms with Crippen LogP contribution in [-0.4, -0.2) is 10.9 Å². The van der Waals surface area contributed by atoms with Crippen LogP contribution in [0.1, 0.15) is 30.5 Å². The first-order valence-electron chi connectivity index (χ1n) is 6.69. The molecule has 1 aromatic heterocycles. The van der Waals surface area contributed by atoms with Gasteiger partial charge >= 0.3 is 0 Å². The molecule has 20 heavy (non-hydrogen) atoms. The van der Waals surface area contributed by atoms with E-state index in [4.69, 9.17) is 5.73 Å². The van der Waals surface area contributed by atoms with Crippen molar-refractivity contribution in [1.82, 2.24) is 10.3 Å². The number of aryl methyl sites for hydroxylation is 1. The molecule has 0 spiro atoms. The number of amides is 1. The van der Waals surface area contributed by atoms with Gasteiger partial charge in [-0.25, -0.2) is 0 Å². The van der Waals surface area contributed by atoms with E-state index < -0.39 is 0 Å². The van der Waals surface area contributed by atoms with Crippen molar-refractivity contribution in [2.24, 2.45) is 0 Å². The fourth-order valence-corrected chi connectivity index (χ4v) is 2.06. The lowest BCUT2D eigenvalue weighted by atomic mass is 10.1. The second-order valence-electron chi connectivity index (χ2n) is 4.81. The molecule has 0 radical (unpaired) electrons. The van der Waals surface area contributed by atoms with Crippen LogP contribution in [0.15, 0.2) is 48.8 Å². The molecule has 0 unspecified atom stereocenters. The summed E-state index contributed by atoms with van der Waals surface area (Å²) in [5.41, 5.74) is 8.58. The Balaban J connectivity index is 1.84. The highest BCUT2D eigenvalue weighted by Gasteiger charge is 2.09. The Bertz CT molecular complexity index is 569. The maximum atomic E-state index is 11.9. The molecular weight excluding hydrogens is 250 g/mol. The van der Waals surface area contributed by atoms with Crippen molar-refractivity contribution in [2.75, 3.05) is 5.73 Å². The van der Waals surface area contributed by atoms with E-state index in [1.165, 1.54) is 0 Å². The predicted octanol–water partition coefficient (Wildman–Crippen LogP) is 2.47. The van der Waals surface area contributed by atoms with Crippen LogP contribution in [-0.2, 0) is 11.2 Å². The molecule has 0 saturated carbocycles. The van der Waals surface area contributed by atoms with E-state index in [1.807, 2.05) is 43.3 Å². The van der Waals surface area contributed by atoms with Crippen molar-refractivity contribution in [1.29, 1.82) is 0 Å². The largest absolute Gasteiger partial charge is 0.399 e. The standard InChI is InChI=1S/C16H19N3O/c1-12(14-7-9-18-10-8-14)19-16(20)6-5-13-3-2-4-15(17)11-13/h2-4,7-12H,5-6,17H2,1H3,(H,19,20)/t12-/m1/s1. The van der Waals surface area contributed by atoms with Gasteiger partial charge in [-0.05, 0) is 48.7 Å². The number of carbonyl (C=O) groups is 1. The number of aromatic nitrogens is 1. The number of rotatable bonds is 5. The Kier molecular flexibility index (Phi) is 4.71. The third kappa shape index (κ3) is 4.09. The highest BCUT2D eigenvalue weighted by atomic mass is 16.1. The van der Waals surface area contributed by atoms with Gasteiger partial charge in [0.1, 0.15) is 0 Å². The first kappa shape index (κ1) is 14.1. The summed E-state index contributed by atoms with van der Waals surface area (Å²) in [6.45, 7) is 1.97. The molecule has 1 atom stereocenters. The van der Waals surface area contributed by atoms with Crippen LogP contribution in [0.5, 0.6) is 0 Å². The van der Waals surface area contributed by atoms with Crippen molar-refractivity contribution < 1.29 is 4.79 Å². The zero-order chi connectivity index (χ0) is 14.4. The van der Waals surface area contributed by atoms with Gasteiger partial charge in [0.25, 0.3) is 0 Å². The summed E-state index contributed by atoms with van der Waals surface area (Å²) in [7, 11) is 0. The summed E-state index contributed by atoms with van der Waals surface area (Å²) in [6.07, 6.45) is 4.61. The number of nitrogens with zero attached hydrogens (tertiary/aromatic N) is 1. The molecule has 0 aliphatic heterocycles. The lowest BCUT2D eigenvalue weighted by Gasteiger charge is -2.14. The van der Waals surface area contributed by atoms with Crippen molar-refractivity contribution in [3.05, 3.63) is 59.9 Å². The lowest BCUT2D eigenvalue weighted by molar-refractivity contribution is -0.121. The highest BCUT2D eigenvalue weighted by molar-refractivity contribution is 5.76. The number of anilines is 1. The fourth-order valence-electron chi connectivity index (χ4n) is 2.06. The summed E-state index contributed by atoms with van der Waals surface area (Å²) in [6, 6.07) is 11.4. The molecule has 1 aromatic carbocycles. The molecule has 1 amide bonds. The first-order chi connectivity index (χ1) is 9.65. The van der Waals surface area contributed by atoms with Crippen LogP contribution in [0.4, 0.5) is 5.69 Å². The van der Waals surface area contributed by atoms with Crippen LogP contribution in [0.25, 0.3) is 0 Å². The first-order valence-corrected chi connectivity index (χ1v) is 6.69. The van der Waals surface area contributed by atoms with Crippen LogP contribution in [0.3, 0.4) is 0 Å². The summed E-state index contributed by atoms with van der Waals surface area (Å²) < 4.78 is 0. The SMILES string of the molecule is C[C@@H](NC(=O)CCc1cccc(N)c1)c1ccncc1. The zero-order valence-corrected chi connectivity index (χ0v) is 11.5. The molecule has 104 valence electrons. The summed E-state index contributed by atoms with van der Waals surface area (Å²) in [4.78, 5) is 15.9. The number of nitrogen functional groups attached to an aromatic ring is 1. The third-order valence-corrected chi connectivity index (χ3v) is 3.18. The van der Waals surface area contributed by atoms with Crippen molar-refractivity contribution >= 4 is 11.6 Å². The van der Waals surface area contributed by atoms with E-state index >= 15 is 0 Å². The quantitative estimate of drug-likeness (QED) is 0.819. The Morgan fingerprint density at radius 2 is 2.05 bits per heavy atom. The molecule has 2 rings (SSSR count). The van der Waals surface area contributed by atoms with E-state index in [9.17, 15) is 4.79 Å². The van der Waals surface area contributed by atoms with Crippen molar-refractivity contribution in [2.45, 2.75) is 25.8 Å². The summed E-state index contributed by atoms with van der Waals surface area (Å²) in [5.74, 6) is 0.0386. The van der Waals surface area contributed by atoms with E-state index in [0.717, 1.165) is 16.8 Å². The number of pyridine rings is 1. The highest BCUT2D eigenvalue weighted by Crippen LogP contribution is 2.12. The van der Waals surface area contributed by atoms with Crippen molar-refractivity contribution in [3.63, 3.8) is 0 Å². The summed E-state index contributed by atoms with van der Waals surface area (Å²) in [5, 5.41) is 2.98. The fraction of sp³-hybridized carbons (Fsp3) is 0.250. The van der Waals surface area contributed by atoms with E-state index in [-0.39, 0.29) is 11.9 Å². The minimum absolute atomic E-state index is 0.00802. The molecule has 2 aromatic rings. The van der Waals surface area contributed by atoms with Gasteiger partial charge in [-0.1, -0.05) is 12.1 Å². The maximum absolute atomic E-state index is 11.9. The molecule has 0 saturated heterocycles. The Hall–Kier alpha value is -2.36. The second kappa shape index (κ2) is 6.70. The Morgan fingerprint density at radius 3 is 2.75 bits per heavy atom. The van der Waals surface area contributed by atoms with Gasteiger partial charge in [-0.15, -0.1) is 0 Å². The van der Waals surface area contributed by atoms with E-state index in [1.54, 1.807) is 12.4 Å². The number of hydrogen-bond donors (Lipinski definition) is 2. The molecular formula is C16H19N3O. The molecule has 3 N–H and O–H groups in total. The monoisotopic (exact) mass is 269 g/mol. The van der Waals surface area contributed by atoms with Gasteiger partial charge in [0, 0.05) is 24.5 Å². The van der Waals surface area contributed by atoms with Gasteiger partial charge in [0.15, 0.2) is 0 Å². The van der Waals surface area contributed by atoms with E-state index in [2.05, 4.69) is 10.3 Å². The van der Waals surface area contributed by atoms with Gasteiger partial charge in [-0.3, -0.25) is 9.78 Å². The molecule has 4 nitrogen and oxygen atoms in total. The smallest absolute Gasteiger partial charge is 0.220 e. The van der Waals surface area contributed by atoms with Crippen LogP contribution >= 0.6 is 0 Å². The van der Waals surface area contributed by atoms with Crippen LogP contribution in [0, 0.1) is 0 Å². The average Bonchev–Trinajstić information content (AvgIpc) is 2.46. The molecule has 0 aliphatic rings. The van der Waals surface area contributed by atoms with Gasteiger partial charge in [-0.2, -0.15) is 0 Å². The van der Waals surface area contributed by atoms with Gasteiger partial charge in [0.2, 0.25) is 5.91 Å². The number of nitrogens with two attached hydrogens (primary N) is 1. The average molecular weight is 269 g/mol. The van der Waals surface area contributed by atoms with E-state index in [0.29, 0.717) is 12.8 Å².